The maximum atomic E-state index is 13.0. The molecule has 0 aliphatic heterocycles. The summed E-state index contributed by atoms with van der Waals surface area (Å²) >= 11 is 0. The Morgan fingerprint density at radius 1 is 1.10 bits per heavy atom. The molecule has 5 nitrogen and oxygen atoms in total. The Labute approximate surface area is 111 Å². The van der Waals surface area contributed by atoms with Crippen LogP contribution in [0.4, 0.5) is 14.6 Å². The lowest BCUT2D eigenvalue weighted by atomic mass is 10.2. The molecule has 3 N–H and O–H groups in total. The van der Waals surface area contributed by atoms with Gasteiger partial charge in [-0.3, -0.25) is 0 Å². The second-order valence-electron chi connectivity index (χ2n) is 3.91. The van der Waals surface area contributed by atoms with Crippen LogP contribution in [0.25, 0.3) is 11.2 Å². The number of benzene rings is 1. The fraction of sp³-hybridized carbons (Fsp3) is 0. The first kappa shape index (κ1) is 12.0. The number of aromatic nitrogens is 4. The Bertz CT molecular complexity index is 860. The lowest BCUT2D eigenvalue weighted by Crippen LogP contribution is -1.97. The van der Waals surface area contributed by atoms with Gasteiger partial charge in [-0.2, -0.15) is 4.98 Å². The number of nitrogens with two attached hydrogens (primary N) is 1. The molecular weight excluding hydrogens is 264 g/mol. The molecule has 3 rings (SSSR count). The van der Waals surface area contributed by atoms with Gasteiger partial charge in [0, 0.05) is 5.56 Å². The zero-order chi connectivity index (χ0) is 14.1. The van der Waals surface area contributed by atoms with Crippen LogP contribution in [-0.2, 0) is 0 Å². The van der Waals surface area contributed by atoms with Crippen LogP contribution in [0.1, 0.15) is 11.4 Å². The van der Waals surface area contributed by atoms with Crippen LogP contribution in [0.15, 0.2) is 24.5 Å². The molecule has 3 aromatic rings. The fourth-order valence-electron chi connectivity index (χ4n) is 1.61. The Balaban J connectivity index is 2.00. The number of hydrogen-bond donors (Lipinski definition) is 2. The summed E-state index contributed by atoms with van der Waals surface area (Å²) in [5, 5.41) is 0. The van der Waals surface area contributed by atoms with E-state index in [2.05, 4.69) is 31.8 Å². The van der Waals surface area contributed by atoms with Crippen molar-refractivity contribution in [3.63, 3.8) is 0 Å². The van der Waals surface area contributed by atoms with Gasteiger partial charge in [-0.25, -0.2) is 18.7 Å². The van der Waals surface area contributed by atoms with Gasteiger partial charge < -0.3 is 10.7 Å². The number of imidazole rings is 1. The molecule has 98 valence electrons. The van der Waals surface area contributed by atoms with E-state index in [4.69, 9.17) is 5.73 Å². The number of hydrogen-bond acceptors (Lipinski definition) is 4. The van der Waals surface area contributed by atoms with Gasteiger partial charge in [0.05, 0.1) is 6.33 Å². The molecule has 0 atom stereocenters. The Hall–Kier alpha value is -3.01. The van der Waals surface area contributed by atoms with E-state index in [0.29, 0.717) is 16.7 Å². The zero-order valence-corrected chi connectivity index (χ0v) is 9.98. The monoisotopic (exact) mass is 271 g/mol. The van der Waals surface area contributed by atoms with Crippen LogP contribution >= 0.6 is 0 Å². The molecule has 0 aliphatic rings. The van der Waals surface area contributed by atoms with Gasteiger partial charge in [0.1, 0.15) is 5.52 Å². The van der Waals surface area contributed by atoms with Crippen molar-refractivity contribution in [3.05, 3.63) is 47.5 Å². The molecule has 0 fully saturated rings. The predicted molar refractivity (Wildman–Crippen MR) is 68.4 cm³/mol. The summed E-state index contributed by atoms with van der Waals surface area (Å²) in [4.78, 5) is 14.8. The molecule has 2 aromatic heterocycles. The van der Waals surface area contributed by atoms with Crippen LogP contribution in [0.3, 0.4) is 0 Å². The Kier molecular flexibility index (Phi) is 2.76. The lowest BCUT2D eigenvalue weighted by Gasteiger charge is -1.95. The first-order chi connectivity index (χ1) is 9.63. The highest BCUT2D eigenvalue weighted by Crippen LogP contribution is 2.12. The van der Waals surface area contributed by atoms with Crippen LogP contribution in [-0.4, -0.2) is 19.9 Å². The highest BCUT2D eigenvalue weighted by Gasteiger charge is 2.05. The third kappa shape index (κ3) is 2.14. The van der Waals surface area contributed by atoms with Crippen molar-refractivity contribution in [3.8, 4) is 11.8 Å². The fourth-order valence-corrected chi connectivity index (χ4v) is 1.61. The topological polar surface area (TPSA) is 80.5 Å². The first-order valence-corrected chi connectivity index (χ1v) is 5.57. The molecule has 1 aromatic carbocycles. The molecule has 0 amide bonds. The summed E-state index contributed by atoms with van der Waals surface area (Å²) in [6.07, 6.45) is 1.45. The molecule has 7 heteroatoms. The van der Waals surface area contributed by atoms with Crippen LogP contribution in [0.5, 0.6) is 0 Å². The van der Waals surface area contributed by atoms with Gasteiger partial charge >= 0.3 is 0 Å². The van der Waals surface area contributed by atoms with Crippen molar-refractivity contribution in [2.75, 3.05) is 5.73 Å². The zero-order valence-electron chi connectivity index (χ0n) is 9.98. The number of aromatic amines is 1. The third-order valence-corrected chi connectivity index (χ3v) is 2.55. The minimum Gasteiger partial charge on any atom is -0.382 e. The quantitative estimate of drug-likeness (QED) is 0.609. The molecular formula is C13H7F2N5. The van der Waals surface area contributed by atoms with E-state index in [-0.39, 0.29) is 11.6 Å². The van der Waals surface area contributed by atoms with Crippen LogP contribution in [0, 0.1) is 23.5 Å². The molecule has 0 saturated carbocycles. The number of nitrogens with zero attached hydrogens (tertiary/aromatic N) is 3. The summed E-state index contributed by atoms with van der Waals surface area (Å²) in [7, 11) is 0. The highest BCUT2D eigenvalue weighted by molar-refractivity contribution is 5.81. The van der Waals surface area contributed by atoms with Gasteiger partial charge in [0.25, 0.3) is 0 Å². The minimum absolute atomic E-state index is 0.159. The normalized spacial score (nSPS) is 10.3. The van der Waals surface area contributed by atoms with E-state index >= 15 is 0 Å². The molecule has 0 saturated heterocycles. The van der Waals surface area contributed by atoms with Crippen molar-refractivity contribution in [1.29, 1.82) is 0 Å². The molecule has 0 unspecified atom stereocenters. The third-order valence-electron chi connectivity index (χ3n) is 2.55. The number of halogens is 2. The standard InChI is InChI=1S/C13H7F2N5/c14-8-3-1-7(5-9(8)15)2-4-10-19-12(16)11-13(20-10)18-6-17-11/h1,3,5-6H,(H3,16,17,18,19,20). The summed E-state index contributed by atoms with van der Waals surface area (Å²) in [6, 6.07) is 3.37. The summed E-state index contributed by atoms with van der Waals surface area (Å²) < 4.78 is 25.8. The molecule has 2 heterocycles. The van der Waals surface area contributed by atoms with Crippen molar-refractivity contribution >= 4 is 17.0 Å². The van der Waals surface area contributed by atoms with E-state index in [1.54, 1.807) is 0 Å². The number of anilines is 1. The Morgan fingerprint density at radius 3 is 2.75 bits per heavy atom. The summed E-state index contributed by atoms with van der Waals surface area (Å²) in [6.45, 7) is 0. The van der Waals surface area contributed by atoms with E-state index in [9.17, 15) is 8.78 Å². The van der Waals surface area contributed by atoms with E-state index in [0.717, 1.165) is 12.1 Å². The second kappa shape index (κ2) is 4.59. The van der Waals surface area contributed by atoms with Gasteiger partial charge in [-0.1, -0.05) is 5.92 Å². The largest absolute Gasteiger partial charge is 0.382 e. The van der Waals surface area contributed by atoms with Gasteiger partial charge in [-0.05, 0) is 24.1 Å². The summed E-state index contributed by atoms with van der Waals surface area (Å²) in [5.74, 6) is 3.78. The maximum Gasteiger partial charge on any atom is 0.209 e. The van der Waals surface area contributed by atoms with E-state index in [1.165, 1.54) is 12.4 Å². The average molecular weight is 271 g/mol. The SMILES string of the molecule is Nc1nc(C#Cc2ccc(F)c(F)c2)nc2nc[nH]c12. The molecule has 0 spiro atoms. The van der Waals surface area contributed by atoms with Gasteiger partial charge in [0.15, 0.2) is 23.1 Å². The van der Waals surface area contributed by atoms with E-state index < -0.39 is 11.6 Å². The molecule has 0 aliphatic carbocycles. The van der Waals surface area contributed by atoms with E-state index in [1.807, 2.05) is 0 Å². The maximum absolute atomic E-state index is 13.0. The lowest BCUT2D eigenvalue weighted by molar-refractivity contribution is 0.508. The van der Waals surface area contributed by atoms with Crippen LogP contribution < -0.4 is 5.73 Å². The first-order valence-electron chi connectivity index (χ1n) is 5.57. The average Bonchev–Trinajstić information content (AvgIpc) is 2.89. The van der Waals surface area contributed by atoms with Crippen molar-refractivity contribution in [2.24, 2.45) is 0 Å². The highest BCUT2D eigenvalue weighted by atomic mass is 19.2. The second-order valence-corrected chi connectivity index (χ2v) is 3.91. The minimum atomic E-state index is -0.958. The number of rotatable bonds is 0. The predicted octanol–water partition coefficient (Wildman–Crippen LogP) is 1.61. The number of H-pyrrole nitrogens is 1. The molecule has 0 radical (unpaired) electrons. The van der Waals surface area contributed by atoms with Crippen molar-refractivity contribution in [1.82, 2.24) is 19.9 Å². The van der Waals surface area contributed by atoms with Gasteiger partial charge in [-0.15, -0.1) is 0 Å². The van der Waals surface area contributed by atoms with Crippen molar-refractivity contribution in [2.45, 2.75) is 0 Å². The molecule has 20 heavy (non-hydrogen) atoms. The number of nitrogen functional groups attached to an aromatic ring is 1. The van der Waals surface area contributed by atoms with Crippen molar-refractivity contribution < 1.29 is 8.78 Å². The van der Waals surface area contributed by atoms with Crippen LogP contribution in [0.2, 0.25) is 0 Å². The molecule has 0 bridgehead atoms. The van der Waals surface area contributed by atoms with Gasteiger partial charge in [0.2, 0.25) is 5.82 Å². The summed E-state index contributed by atoms with van der Waals surface area (Å²) in [5.41, 5.74) is 6.95. The Morgan fingerprint density at radius 2 is 1.95 bits per heavy atom. The number of fused-ring (bicyclic) bond motifs is 1. The smallest absolute Gasteiger partial charge is 0.209 e. The number of nitrogens with one attached hydrogen (secondary N) is 1.